The van der Waals surface area contributed by atoms with Crippen molar-refractivity contribution in [3.05, 3.63) is 23.3 Å². The van der Waals surface area contributed by atoms with Crippen molar-refractivity contribution in [1.82, 2.24) is 4.31 Å². The number of hydrogen-bond acceptors (Lipinski definition) is 3. The summed E-state index contributed by atoms with van der Waals surface area (Å²) in [4.78, 5) is 0.432. The van der Waals surface area contributed by atoms with Crippen molar-refractivity contribution in [2.45, 2.75) is 52.0 Å². The minimum Gasteiger partial charge on any atom is -0.385 e. The Kier molecular flexibility index (Phi) is 5.59. The zero-order valence-corrected chi connectivity index (χ0v) is 14.1. The molecule has 0 aromatic heterocycles. The van der Waals surface area contributed by atoms with Crippen molar-refractivity contribution in [2.75, 3.05) is 18.9 Å². The Morgan fingerprint density at radius 1 is 1.20 bits per heavy atom. The Balaban J connectivity index is 3.32. The van der Waals surface area contributed by atoms with Gasteiger partial charge in [-0.15, -0.1) is 0 Å². The lowest BCUT2D eigenvalue weighted by atomic mass is 10.1. The van der Waals surface area contributed by atoms with Gasteiger partial charge in [0.25, 0.3) is 0 Å². The van der Waals surface area contributed by atoms with E-state index in [1.165, 1.54) is 4.31 Å². The lowest BCUT2D eigenvalue weighted by molar-refractivity contribution is 0.380. The van der Waals surface area contributed by atoms with Crippen LogP contribution in [0.2, 0.25) is 0 Å². The Morgan fingerprint density at radius 3 is 2.10 bits per heavy atom. The number of anilines is 1. The maximum atomic E-state index is 12.7. The van der Waals surface area contributed by atoms with E-state index in [9.17, 15) is 8.42 Å². The zero-order chi connectivity index (χ0) is 15.5. The second kappa shape index (κ2) is 6.59. The molecule has 114 valence electrons. The Hall–Kier alpha value is -1.07. The number of aryl methyl sites for hydroxylation is 2. The first-order valence-electron chi connectivity index (χ1n) is 7.08. The fourth-order valence-corrected chi connectivity index (χ4v) is 4.14. The number of hydrogen-bond donors (Lipinski definition) is 1. The van der Waals surface area contributed by atoms with Gasteiger partial charge >= 0.3 is 0 Å². The van der Waals surface area contributed by atoms with Gasteiger partial charge in [0.15, 0.2) is 0 Å². The van der Waals surface area contributed by atoms with Crippen molar-refractivity contribution in [3.8, 4) is 0 Å². The van der Waals surface area contributed by atoms with Crippen LogP contribution >= 0.6 is 0 Å². The summed E-state index contributed by atoms with van der Waals surface area (Å²) < 4.78 is 27.0. The number of rotatable bonds is 6. The first kappa shape index (κ1) is 17.0. The minimum absolute atomic E-state index is 0.00718. The highest BCUT2D eigenvalue weighted by atomic mass is 32.2. The molecule has 0 fully saturated rings. The van der Waals surface area contributed by atoms with Gasteiger partial charge in [0.05, 0.1) is 4.90 Å². The van der Waals surface area contributed by atoms with Crippen molar-refractivity contribution < 1.29 is 8.42 Å². The van der Waals surface area contributed by atoms with Crippen molar-refractivity contribution in [3.63, 3.8) is 0 Å². The summed E-state index contributed by atoms with van der Waals surface area (Å²) in [6.07, 6.45) is 0.795. The molecule has 0 saturated carbocycles. The molecule has 1 aromatic carbocycles. The molecule has 0 spiro atoms. The van der Waals surface area contributed by atoms with Crippen molar-refractivity contribution >= 4 is 15.7 Å². The van der Waals surface area contributed by atoms with Crippen LogP contribution in [0.25, 0.3) is 0 Å². The topological polar surface area (TPSA) is 49.4 Å². The molecule has 1 unspecified atom stereocenters. The van der Waals surface area contributed by atoms with Crippen LogP contribution in [0.3, 0.4) is 0 Å². The maximum Gasteiger partial charge on any atom is 0.243 e. The third kappa shape index (κ3) is 3.33. The molecule has 1 rings (SSSR count). The van der Waals surface area contributed by atoms with E-state index in [1.807, 2.05) is 46.8 Å². The average Bonchev–Trinajstić information content (AvgIpc) is 2.36. The molecule has 0 heterocycles. The van der Waals surface area contributed by atoms with E-state index in [4.69, 9.17) is 0 Å². The fraction of sp³-hybridized carbons (Fsp3) is 0.600. The molecule has 0 aliphatic heterocycles. The molecule has 0 amide bonds. The first-order chi connectivity index (χ1) is 9.25. The van der Waals surface area contributed by atoms with Gasteiger partial charge < -0.3 is 5.32 Å². The van der Waals surface area contributed by atoms with E-state index in [-0.39, 0.29) is 6.04 Å². The van der Waals surface area contributed by atoms with Crippen LogP contribution in [0.15, 0.2) is 17.0 Å². The van der Waals surface area contributed by atoms with Crippen LogP contribution in [0.4, 0.5) is 5.69 Å². The summed E-state index contributed by atoms with van der Waals surface area (Å²) in [7, 11) is -1.78. The summed E-state index contributed by atoms with van der Waals surface area (Å²) in [5, 5.41) is 3.22. The Labute approximate surface area is 123 Å². The van der Waals surface area contributed by atoms with Gasteiger partial charge in [-0.2, -0.15) is 4.31 Å². The fourth-order valence-electron chi connectivity index (χ4n) is 2.30. The largest absolute Gasteiger partial charge is 0.385 e. The molecular weight excluding hydrogens is 272 g/mol. The molecule has 0 bridgehead atoms. The zero-order valence-electron chi connectivity index (χ0n) is 13.3. The summed E-state index contributed by atoms with van der Waals surface area (Å²) >= 11 is 0. The number of sulfonamides is 1. The first-order valence-corrected chi connectivity index (χ1v) is 8.52. The second-order valence-electron chi connectivity index (χ2n) is 5.25. The van der Waals surface area contributed by atoms with E-state index < -0.39 is 10.0 Å². The maximum absolute atomic E-state index is 12.7. The lowest BCUT2D eigenvalue weighted by Crippen LogP contribution is -2.35. The summed E-state index contributed by atoms with van der Waals surface area (Å²) in [5.74, 6) is 0. The molecule has 20 heavy (non-hydrogen) atoms. The number of nitrogens with one attached hydrogen (secondary N) is 1. The average molecular weight is 298 g/mol. The standard InChI is InChI=1S/C15H26N2O2S/c1-7-13(5)17(6)20(18,19)15-11(3)9-14(16-8-2)10-12(15)4/h9-10,13,16H,7-8H2,1-6H3. The molecule has 0 radical (unpaired) electrons. The highest BCUT2D eigenvalue weighted by Crippen LogP contribution is 2.27. The van der Waals surface area contributed by atoms with Crippen LogP contribution in [-0.2, 0) is 10.0 Å². The molecule has 1 aromatic rings. The predicted molar refractivity (Wildman–Crippen MR) is 84.8 cm³/mol. The van der Waals surface area contributed by atoms with Crippen LogP contribution in [0.1, 0.15) is 38.3 Å². The van der Waals surface area contributed by atoms with Crippen LogP contribution in [-0.4, -0.2) is 32.4 Å². The van der Waals surface area contributed by atoms with Crippen LogP contribution in [0.5, 0.6) is 0 Å². The quantitative estimate of drug-likeness (QED) is 0.877. The van der Waals surface area contributed by atoms with Gasteiger partial charge in [-0.3, -0.25) is 0 Å². The summed E-state index contributed by atoms with van der Waals surface area (Å²) in [6.45, 7) is 10.5. The van der Waals surface area contributed by atoms with E-state index in [0.29, 0.717) is 4.90 Å². The smallest absolute Gasteiger partial charge is 0.243 e. The third-order valence-corrected chi connectivity index (χ3v) is 5.97. The summed E-state index contributed by atoms with van der Waals surface area (Å²) in [6, 6.07) is 3.79. The number of nitrogens with zero attached hydrogens (tertiary/aromatic N) is 1. The van der Waals surface area contributed by atoms with Crippen LogP contribution < -0.4 is 5.32 Å². The van der Waals surface area contributed by atoms with E-state index in [2.05, 4.69) is 5.32 Å². The predicted octanol–water partition coefficient (Wildman–Crippen LogP) is 3.15. The monoisotopic (exact) mass is 298 g/mol. The Morgan fingerprint density at radius 2 is 1.70 bits per heavy atom. The van der Waals surface area contributed by atoms with Gasteiger partial charge in [-0.1, -0.05) is 6.92 Å². The van der Waals surface area contributed by atoms with Crippen LogP contribution in [0, 0.1) is 13.8 Å². The van der Waals surface area contributed by atoms with E-state index in [1.54, 1.807) is 7.05 Å². The molecule has 0 aliphatic carbocycles. The van der Waals surface area contributed by atoms with Gasteiger partial charge in [0.2, 0.25) is 10.0 Å². The molecule has 4 nitrogen and oxygen atoms in total. The highest BCUT2D eigenvalue weighted by Gasteiger charge is 2.27. The molecular formula is C15H26N2O2S. The normalized spacial score (nSPS) is 13.6. The molecule has 1 N–H and O–H groups in total. The SMILES string of the molecule is CCNc1cc(C)c(S(=O)(=O)N(C)C(C)CC)c(C)c1. The number of benzene rings is 1. The van der Waals surface area contributed by atoms with Gasteiger partial charge in [0, 0.05) is 25.3 Å². The van der Waals surface area contributed by atoms with Gasteiger partial charge in [-0.25, -0.2) is 8.42 Å². The minimum atomic E-state index is -3.44. The van der Waals surface area contributed by atoms with E-state index >= 15 is 0 Å². The summed E-state index contributed by atoms with van der Waals surface area (Å²) in [5.41, 5.74) is 2.54. The highest BCUT2D eigenvalue weighted by molar-refractivity contribution is 7.89. The molecule has 0 aliphatic rings. The van der Waals surface area contributed by atoms with Crippen molar-refractivity contribution in [2.24, 2.45) is 0 Å². The Bertz CT molecular complexity index is 544. The van der Waals surface area contributed by atoms with Gasteiger partial charge in [-0.05, 0) is 57.4 Å². The van der Waals surface area contributed by atoms with E-state index in [0.717, 1.165) is 29.8 Å². The third-order valence-electron chi connectivity index (χ3n) is 3.69. The lowest BCUT2D eigenvalue weighted by Gasteiger charge is -2.25. The molecule has 0 saturated heterocycles. The molecule has 1 atom stereocenters. The molecule has 5 heteroatoms. The van der Waals surface area contributed by atoms with Gasteiger partial charge in [0.1, 0.15) is 0 Å². The van der Waals surface area contributed by atoms with Crippen molar-refractivity contribution in [1.29, 1.82) is 0 Å². The second-order valence-corrected chi connectivity index (χ2v) is 7.18.